The first-order valence-electron chi connectivity index (χ1n) is 36.2. The van der Waals surface area contributed by atoms with E-state index in [0.717, 1.165) is 61.1 Å². The number of nitrogens with zero attached hydrogens (tertiary/aromatic N) is 7. The topological polar surface area (TPSA) is 370 Å². The summed E-state index contributed by atoms with van der Waals surface area (Å²) < 4.78 is 32.9. The molecule has 14 rings (SSSR count). The molecule has 29 heteroatoms. The van der Waals surface area contributed by atoms with E-state index >= 15 is 0 Å². The normalized spacial score (nSPS) is 13.1. The number of carboxylic acid groups (broad SMARTS) is 1. The number of halogens is 3. The van der Waals surface area contributed by atoms with Gasteiger partial charge in [0.25, 0.3) is 23.7 Å². The average Bonchev–Trinajstić information content (AvgIpc) is 1.17. The molecule has 0 radical (unpaired) electrons. The smallest absolute Gasteiger partial charge is 0.346 e. The Hall–Kier alpha value is -12.1. The largest absolute Gasteiger partial charge is 0.619 e. The monoisotopic (exact) mass is 1660 g/mol. The summed E-state index contributed by atoms with van der Waals surface area (Å²) in [5.74, 6) is 0.0748. The van der Waals surface area contributed by atoms with Crippen molar-refractivity contribution in [1.82, 2.24) is 20.3 Å². The molecular formula is C88H105Cl3N10O16. The molecule has 0 unspecified atom stereocenters. The molecule has 9 heterocycles. The van der Waals surface area contributed by atoms with Crippen LogP contribution >= 0.6 is 34.8 Å². The number of carbonyl (C=O) groups excluding carboxylic acids is 5. The van der Waals surface area contributed by atoms with Crippen LogP contribution in [0.4, 0.5) is 11.6 Å². The molecule has 10 aromatic rings. The maximum atomic E-state index is 12.8. The van der Waals surface area contributed by atoms with E-state index < -0.39 is 46.8 Å². The van der Waals surface area contributed by atoms with Crippen LogP contribution in [0.15, 0.2) is 206 Å². The molecule has 5 aromatic heterocycles. The van der Waals surface area contributed by atoms with Crippen LogP contribution in [0, 0.1) is 79.7 Å². The molecule has 0 fully saturated rings. The zero-order valence-electron chi connectivity index (χ0n) is 69.8. The van der Waals surface area contributed by atoms with E-state index in [-0.39, 0.29) is 28.5 Å². The van der Waals surface area contributed by atoms with E-state index in [0.29, 0.717) is 50.6 Å². The number of pyridine rings is 5. The van der Waals surface area contributed by atoms with Gasteiger partial charge in [0.15, 0.2) is 47.7 Å². The highest BCUT2D eigenvalue weighted by atomic mass is 35.5. The molecule has 0 atom stereocenters. The van der Waals surface area contributed by atoms with Gasteiger partial charge in [-0.25, -0.2) is 24.5 Å². The molecule has 0 saturated carbocycles. The van der Waals surface area contributed by atoms with Crippen LogP contribution in [0.25, 0.3) is 0 Å². The zero-order chi connectivity index (χ0) is 88.3. The Morgan fingerprint density at radius 3 is 1.38 bits per heavy atom. The number of aliphatic carboxylic acids is 1. The summed E-state index contributed by atoms with van der Waals surface area (Å²) in [7, 11) is 3.23. The molecule has 117 heavy (non-hydrogen) atoms. The standard InChI is InChI=1S/C17H18N2O2.C10H10ClNO.C10H11NO2.C8H4O3.C7H10N2.C7H7NO2.2C7H9NO.C7H9N.C5H12O2.C2H4O2.CH2Cl2/c1-11-9-15(18-10-12(11)2)19-16(20)13-7-5-6-8-14(13)21-17(19,3)4;1-10(2)12-9(11)7-5-3-4-6-8(7)13-10;1-10(2)11-9(12)7-5-3-4-6-8(7)13-10;9-7-5-3-1-2-4-6(5)8(10)11-7;1-5-3-7(8)9-4-6(5)2;8-7(10)5-3-1-2-4-6(5)9;2*1-6-3-4-8(9)5-7(6)2;1-6-3-4-8-5-7(6)2;1-5(2,6-3)7-4;1-2(3)4;2-1-3/h5-10H,1-4H3;3-6H,1-2H3;3-6H,1-2H3,(H,11,12);1-4H;3-4H,1-2H3,(H2,8,9);1-4,9H,(H2,8,10);2*3-5H,1-2H3;3-5H,1-2H3;1-4H3;1H3,(H,3,4);1H2. The van der Waals surface area contributed by atoms with Crippen LogP contribution in [0.3, 0.4) is 0 Å². The summed E-state index contributed by atoms with van der Waals surface area (Å²) >= 11 is 15.5. The number of carbonyl (C=O) groups is 6. The Morgan fingerprint density at radius 2 is 0.974 bits per heavy atom. The van der Waals surface area contributed by atoms with Gasteiger partial charge in [-0.3, -0.25) is 29.1 Å². The van der Waals surface area contributed by atoms with Crippen molar-refractivity contribution in [2.45, 2.75) is 155 Å². The number of aliphatic imine (C=N–C) groups is 1. The minimum absolute atomic E-state index is 0.0741. The second-order valence-electron chi connectivity index (χ2n) is 27.8. The Morgan fingerprint density at radius 1 is 0.564 bits per heavy atom. The van der Waals surface area contributed by atoms with Gasteiger partial charge in [-0.15, -0.1) is 23.2 Å². The van der Waals surface area contributed by atoms with Gasteiger partial charge in [-0.05, 0) is 248 Å². The van der Waals surface area contributed by atoms with Gasteiger partial charge >= 0.3 is 11.9 Å². The van der Waals surface area contributed by atoms with Crippen molar-refractivity contribution in [2.24, 2.45) is 10.7 Å². The number of hydrogen-bond donors (Lipinski definition) is 5. The zero-order valence-corrected chi connectivity index (χ0v) is 72.1. The second kappa shape index (κ2) is 47.1. The molecular weight excluding hydrogens is 1560 g/mol. The third-order valence-corrected chi connectivity index (χ3v) is 17.1. The van der Waals surface area contributed by atoms with E-state index in [4.69, 9.17) is 85.0 Å². The van der Waals surface area contributed by atoms with Crippen molar-refractivity contribution in [3.63, 3.8) is 0 Å². The number of hydrogen-bond acceptors (Lipinski definition) is 20. The maximum absolute atomic E-state index is 12.8. The third-order valence-electron chi connectivity index (χ3n) is 16.8. The number of ether oxygens (including phenoxy) is 6. The predicted octanol–water partition coefficient (Wildman–Crippen LogP) is 16.7. The fourth-order valence-electron chi connectivity index (χ4n) is 9.52. The number of nitrogens with two attached hydrogens (primary N) is 2. The lowest BCUT2D eigenvalue weighted by molar-refractivity contribution is -0.606. The van der Waals surface area contributed by atoms with Crippen LogP contribution in [0.2, 0.25) is 0 Å². The van der Waals surface area contributed by atoms with E-state index in [1.54, 1.807) is 98.5 Å². The number of para-hydroxylation sites is 4. The number of phenols is 1. The number of benzene rings is 5. The number of carboxylic acids is 1. The third kappa shape index (κ3) is 33.7. The number of alkyl halides is 2. The van der Waals surface area contributed by atoms with E-state index in [2.05, 4.69) is 43.8 Å². The SMILES string of the molecule is CC(=O)O.CC1(C)N=C(Cl)c2ccccc2O1.CC1(C)NC(=O)c2ccccc2O1.COC(C)(C)OC.Cc1cc[n+]([O-])cc1C.Cc1cc[n+]([O-])cc1C.Cc1ccncc1C.Cc1cnc(N)cc1C.Cc1cnc(N2C(=O)c3ccccc3OC2(C)C)cc1C.ClCCl.NC(=O)c1ccccc1O.O=C1OC(=O)c2ccccc21. The first-order valence-corrected chi connectivity index (χ1v) is 37.6. The van der Waals surface area contributed by atoms with E-state index in [9.17, 15) is 34.4 Å². The molecule has 0 bridgehead atoms. The molecule has 3 amide bonds. The molecule has 624 valence electrons. The molecule has 4 aliphatic heterocycles. The lowest BCUT2D eigenvalue weighted by Gasteiger charge is -2.42. The maximum Gasteiger partial charge on any atom is 0.346 e. The number of esters is 2. The Labute approximate surface area is 699 Å². The number of anilines is 2. The van der Waals surface area contributed by atoms with Crippen molar-refractivity contribution < 1.29 is 76.9 Å². The Bertz CT molecular complexity index is 4830. The summed E-state index contributed by atoms with van der Waals surface area (Å²) in [5.41, 5.74) is 22.8. The van der Waals surface area contributed by atoms with Gasteiger partial charge in [0.05, 0.1) is 38.7 Å². The van der Waals surface area contributed by atoms with Crippen LogP contribution < -0.4 is 45.4 Å². The van der Waals surface area contributed by atoms with Gasteiger partial charge in [0.2, 0.25) is 0 Å². The highest BCUT2D eigenvalue weighted by molar-refractivity contribution is 6.70. The minimum atomic E-state index is -0.833. The molecule has 26 nitrogen and oxygen atoms in total. The van der Waals surface area contributed by atoms with Crippen LogP contribution in [-0.2, 0) is 19.0 Å². The summed E-state index contributed by atoms with van der Waals surface area (Å²) in [4.78, 5) is 83.6. The van der Waals surface area contributed by atoms with Crippen molar-refractivity contribution in [3.05, 3.63) is 301 Å². The number of primary amides is 1. The van der Waals surface area contributed by atoms with E-state index in [1.165, 1.54) is 46.8 Å². The van der Waals surface area contributed by atoms with Crippen molar-refractivity contribution in [1.29, 1.82) is 0 Å². The van der Waals surface area contributed by atoms with Crippen molar-refractivity contribution >= 4 is 87.2 Å². The highest BCUT2D eigenvalue weighted by Crippen LogP contribution is 2.37. The number of aromatic nitrogens is 5. The molecule has 0 saturated heterocycles. The number of nitrogen functional groups attached to an aromatic ring is 1. The number of aryl methyl sites for hydroxylation is 10. The number of nitrogens with one attached hydrogen (secondary N) is 1. The number of methoxy groups -OCH3 is 2. The van der Waals surface area contributed by atoms with Crippen LogP contribution in [0.1, 0.15) is 175 Å². The van der Waals surface area contributed by atoms with Gasteiger partial charge in [0.1, 0.15) is 39.8 Å². The fourth-order valence-corrected chi connectivity index (χ4v) is 9.87. The molecule has 0 spiro atoms. The summed E-state index contributed by atoms with van der Waals surface area (Å²) in [6.07, 6.45) is 13.4. The second-order valence-corrected chi connectivity index (χ2v) is 29.0. The summed E-state index contributed by atoms with van der Waals surface area (Å²) in [5, 5.41) is 41.0. The van der Waals surface area contributed by atoms with Gasteiger partial charge in [0, 0.05) is 69.2 Å². The van der Waals surface area contributed by atoms with Gasteiger partial charge in [-0.2, -0.15) is 9.46 Å². The van der Waals surface area contributed by atoms with E-state index in [1.807, 2.05) is 208 Å². The Kier molecular flexibility index (Phi) is 39.9. The number of amides is 3. The predicted molar refractivity (Wildman–Crippen MR) is 456 cm³/mol. The van der Waals surface area contributed by atoms with Gasteiger partial charge in [-0.1, -0.05) is 72.3 Å². The summed E-state index contributed by atoms with van der Waals surface area (Å²) in [6, 6.07) is 44.3. The number of aromatic hydroxyl groups is 1. The molecule has 5 aromatic carbocycles. The number of cyclic esters (lactones) is 2. The number of fused-ring (bicyclic) bond motifs is 4. The first-order chi connectivity index (χ1) is 54.7. The number of rotatable bonds is 4. The van der Waals surface area contributed by atoms with Crippen molar-refractivity contribution in [3.8, 4) is 23.0 Å². The molecule has 4 aliphatic rings. The van der Waals surface area contributed by atoms with Crippen LogP contribution in [0.5, 0.6) is 23.0 Å². The fraction of sp³-hybridized carbons (Fsp3) is 0.295. The first kappa shape index (κ1) is 99.1. The molecule has 7 N–H and O–H groups in total. The quantitative estimate of drug-likeness (QED) is 0.0273. The molecule has 0 aliphatic carbocycles. The highest BCUT2D eigenvalue weighted by Gasteiger charge is 2.42. The minimum Gasteiger partial charge on any atom is -0.619 e. The average molecular weight is 1670 g/mol. The van der Waals surface area contributed by atoms with Crippen LogP contribution in [-0.4, -0.2) is 108 Å². The van der Waals surface area contributed by atoms with Crippen molar-refractivity contribution in [2.75, 3.05) is 30.2 Å². The lowest BCUT2D eigenvalue weighted by Crippen LogP contribution is -2.55. The Balaban J connectivity index is 0.000000338. The van der Waals surface area contributed by atoms with Gasteiger partial charge < -0.3 is 65.8 Å². The summed E-state index contributed by atoms with van der Waals surface area (Å²) in [6.45, 7) is 35.9. The lowest BCUT2D eigenvalue weighted by atomic mass is 10.1.